The van der Waals surface area contributed by atoms with Crippen LogP contribution in [0.5, 0.6) is 0 Å². The van der Waals surface area contributed by atoms with E-state index in [0.29, 0.717) is 17.9 Å². The third kappa shape index (κ3) is 6.45. The molecule has 1 aromatic carbocycles. The van der Waals surface area contributed by atoms with Crippen molar-refractivity contribution in [1.29, 1.82) is 5.26 Å². The topological polar surface area (TPSA) is 125 Å². The van der Waals surface area contributed by atoms with Gasteiger partial charge in [-0.1, -0.05) is 17.7 Å². The van der Waals surface area contributed by atoms with Crippen LogP contribution in [0.15, 0.2) is 85.5 Å². The first-order valence-corrected chi connectivity index (χ1v) is 12.8. The third-order valence-electron chi connectivity index (χ3n) is 6.74. The number of hydrogen-bond donors (Lipinski definition) is 2. The molecule has 1 saturated carbocycles. The van der Waals surface area contributed by atoms with Gasteiger partial charge in [0.25, 0.3) is 0 Å². The summed E-state index contributed by atoms with van der Waals surface area (Å²) in [5.74, 6) is 0.697. The SMILES string of the molecule is Cn1cc(-c2ccc(N(C(=O)NCc3cncnc3)C3CCC(=CNc4ccc(C#N)cn4)CC3)cc2)cn1. The normalized spacial score (nSPS) is 14.8. The van der Waals surface area contributed by atoms with Crippen LogP contribution in [0.3, 0.4) is 0 Å². The molecule has 2 N–H and O–H groups in total. The van der Waals surface area contributed by atoms with Gasteiger partial charge >= 0.3 is 6.03 Å². The Hall–Kier alpha value is -5.04. The lowest BCUT2D eigenvalue weighted by Crippen LogP contribution is -2.47. The number of aromatic nitrogens is 5. The molecule has 0 unspecified atom stereocenters. The number of pyridine rings is 1. The number of urea groups is 1. The number of anilines is 2. The first-order chi connectivity index (χ1) is 19.1. The fourth-order valence-corrected chi connectivity index (χ4v) is 4.66. The molecule has 0 spiro atoms. The third-order valence-corrected chi connectivity index (χ3v) is 6.74. The van der Waals surface area contributed by atoms with Crippen molar-refractivity contribution in [3.8, 4) is 17.2 Å². The van der Waals surface area contributed by atoms with E-state index in [-0.39, 0.29) is 12.1 Å². The molecule has 10 nitrogen and oxygen atoms in total. The summed E-state index contributed by atoms with van der Waals surface area (Å²) in [7, 11) is 1.89. The van der Waals surface area contributed by atoms with E-state index < -0.39 is 0 Å². The molecule has 2 amide bonds. The Morgan fingerprint density at radius 2 is 1.85 bits per heavy atom. The van der Waals surface area contributed by atoms with E-state index in [4.69, 9.17) is 5.26 Å². The molecule has 3 aromatic heterocycles. The molecular weight excluding hydrogens is 490 g/mol. The maximum atomic E-state index is 13.5. The predicted octanol–water partition coefficient (Wildman–Crippen LogP) is 4.80. The smallest absolute Gasteiger partial charge is 0.322 e. The van der Waals surface area contributed by atoms with E-state index in [2.05, 4.69) is 36.8 Å². The van der Waals surface area contributed by atoms with Crippen LogP contribution in [0.25, 0.3) is 11.1 Å². The van der Waals surface area contributed by atoms with Crippen molar-refractivity contribution < 1.29 is 4.79 Å². The highest BCUT2D eigenvalue weighted by Gasteiger charge is 2.28. The van der Waals surface area contributed by atoms with E-state index in [0.717, 1.165) is 48.1 Å². The first kappa shape index (κ1) is 25.6. The molecule has 0 radical (unpaired) electrons. The highest BCUT2D eigenvalue weighted by Crippen LogP contribution is 2.32. The zero-order chi connectivity index (χ0) is 27.0. The second-order valence-electron chi connectivity index (χ2n) is 9.45. The lowest BCUT2D eigenvalue weighted by Gasteiger charge is -2.35. The number of allylic oxidation sites excluding steroid dienone is 1. The van der Waals surface area contributed by atoms with Crippen molar-refractivity contribution in [3.63, 3.8) is 0 Å². The number of hydrogen-bond acceptors (Lipinski definition) is 7. The molecule has 0 aliphatic heterocycles. The van der Waals surface area contributed by atoms with Gasteiger partial charge in [0.2, 0.25) is 0 Å². The fraction of sp³-hybridized carbons (Fsp3) is 0.241. The largest absolute Gasteiger partial charge is 0.347 e. The fourth-order valence-electron chi connectivity index (χ4n) is 4.66. The van der Waals surface area contributed by atoms with Crippen molar-refractivity contribution in [3.05, 3.63) is 96.6 Å². The number of benzene rings is 1. The van der Waals surface area contributed by atoms with Gasteiger partial charge in [0, 0.05) is 67.4 Å². The minimum atomic E-state index is -0.148. The Balaban J connectivity index is 1.29. The second kappa shape index (κ2) is 12.0. The molecule has 0 saturated heterocycles. The van der Waals surface area contributed by atoms with Gasteiger partial charge in [0.15, 0.2) is 0 Å². The molecule has 0 bridgehead atoms. The van der Waals surface area contributed by atoms with E-state index in [1.54, 1.807) is 35.4 Å². The van der Waals surface area contributed by atoms with Crippen molar-refractivity contribution >= 4 is 17.5 Å². The van der Waals surface area contributed by atoms with Gasteiger partial charge in [-0.3, -0.25) is 9.58 Å². The van der Waals surface area contributed by atoms with Gasteiger partial charge in [-0.2, -0.15) is 10.4 Å². The summed E-state index contributed by atoms with van der Waals surface area (Å²) >= 11 is 0. The van der Waals surface area contributed by atoms with Gasteiger partial charge < -0.3 is 10.6 Å². The molecule has 5 rings (SSSR count). The van der Waals surface area contributed by atoms with Crippen molar-refractivity contribution in [2.24, 2.45) is 7.05 Å². The Labute approximate surface area is 227 Å². The first-order valence-electron chi connectivity index (χ1n) is 12.8. The Morgan fingerprint density at radius 1 is 1.08 bits per heavy atom. The summed E-state index contributed by atoms with van der Waals surface area (Å²) in [5.41, 5.74) is 5.56. The van der Waals surface area contributed by atoms with Crippen LogP contribution < -0.4 is 15.5 Å². The Bertz CT molecular complexity index is 1460. The lowest BCUT2D eigenvalue weighted by atomic mass is 9.90. The zero-order valence-electron chi connectivity index (χ0n) is 21.7. The van der Waals surface area contributed by atoms with Gasteiger partial charge in [-0.25, -0.2) is 19.7 Å². The van der Waals surface area contributed by atoms with Crippen molar-refractivity contribution in [2.75, 3.05) is 10.2 Å². The van der Waals surface area contributed by atoms with Crippen LogP contribution in [0.2, 0.25) is 0 Å². The van der Waals surface area contributed by atoms with Gasteiger partial charge in [0.1, 0.15) is 18.2 Å². The molecule has 10 heteroatoms. The number of nitrogens with one attached hydrogen (secondary N) is 2. The summed E-state index contributed by atoms with van der Waals surface area (Å²) in [6, 6.07) is 13.6. The molecule has 1 aliphatic carbocycles. The standard InChI is InChI=1S/C29H29N9O/c1-37-19-25(18-36-37)24-5-9-27(10-6-24)38(29(39)35-17-23-13-31-20-32-14-23)26-7-2-21(3-8-26)15-33-28-11-4-22(12-30)16-34-28/h4-6,9-11,13-16,18-20,26H,2-3,7-8,17H2,1H3,(H,33,34)(H,35,39). The maximum absolute atomic E-state index is 13.5. The molecule has 39 heavy (non-hydrogen) atoms. The number of rotatable bonds is 7. The molecule has 196 valence electrons. The van der Waals surface area contributed by atoms with Gasteiger partial charge in [0.05, 0.1) is 11.8 Å². The van der Waals surface area contributed by atoms with E-state index in [9.17, 15) is 4.79 Å². The summed E-state index contributed by atoms with van der Waals surface area (Å²) in [4.78, 5) is 27.7. The minimum Gasteiger partial charge on any atom is -0.347 e. The van der Waals surface area contributed by atoms with E-state index >= 15 is 0 Å². The molecular formula is C29H29N9O. The van der Waals surface area contributed by atoms with Crippen molar-refractivity contribution in [2.45, 2.75) is 38.3 Å². The summed E-state index contributed by atoms with van der Waals surface area (Å²) in [6.07, 6.45) is 15.6. The summed E-state index contributed by atoms with van der Waals surface area (Å²) in [5, 5.41) is 19.5. The number of nitrogens with zero attached hydrogens (tertiary/aromatic N) is 7. The Morgan fingerprint density at radius 3 is 2.49 bits per heavy atom. The summed E-state index contributed by atoms with van der Waals surface area (Å²) in [6.45, 7) is 0.351. The number of aryl methyl sites for hydroxylation is 1. The lowest BCUT2D eigenvalue weighted by molar-refractivity contribution is 0.242. The number of carbonyl (C=O) groups excluding carboxylic acids is 1. The van der Waals surface area contributed by atoms with Crippen LogP contribution >= 0.6 is 0 Å². The number of nitriles is 1. The van der Waals surface area contributed by atoms with E-state index in [1.807, 2.05) is 54.8 Å². The quantitative estimate of drug-likeness (QED) is 0.359. The highest BCUT2D eigenvalue weighted by molar-refractivity contribution is 5.93. The van der Waals surface area contributed by atoms with E-state index in [1.165, 1.54) is 11.9 Å². The van der Waals surface area contributed by atoms with Crippen molar-refractivity contribution in [1.82, 2.24) is 30.0 Å². The maximum Gasteiger partial charge on any atom is 0.322 e. The molecule has 0 atom stereocenters. The van der Waals surface area contributed by atoms with Gasteiger partial charge in [-0.15, -0.1) is 0 Å². The average molecular weight is 520 g/mol. The number of carbonyl (C=O) groups is 1. The molecule has 4 aromatic rings. The predicted molar refractivity (Wildman–Crippen MR) is 148 cm³/mol. The zero-order valence-corrected chi connectivity index (χ0v) is 21.7. The second-order valence-corrected chi connectivity index (χ2v) is 9.45. The minimum absolute atomic E-state index is 0.0476. The molecule has 1 fully saturated rings. The molecule has 1 aliphatic rings. The highest BCUT2D eigenvalue weighted by atomic mass is 16.2. The Kier molecular flexibility index (Phi) is 7.88. The molecule has 3 heterocycles. The average Bonchev–Trinajstić information content (AvgIpc) is 3.43. The van der Waals surface area contributed by atoms with Crippen LogP contribution in [0, 0.1) is 11.3 Å². The monoisotopic (exact) mass is 519 g/mol. The van der Waals surface area contributed by atoms with Crippen LogP contribution in [-0.2, 0) is 13.6 Å². The summed E-state index contributed by atoms with van der Waals surface area (Å²) < 4.78 is 1.77. The number of amides is 2. The van der Waals surface area contributed by atoms with Crippen LogP contribution in [-0.4, -0.2) is 36.8 Å². The van der Waals surface area contributed by atoms with Crippen LogP contribution in [0.4, 0.5) is 16.3 Å². The van der Waals surface area contributed by atoms with Crippen LogP contribution in [0.1, 0.15) is 36.8 Å². The van der Waals surface area contributed by atoms with Gasteiger partial charge in [-0.05, 0) is 55.5 Å².